The molecule has 0 aliphatic carbocycles. The molecular formula is C30H35NO. The highest BCUT2D eigenvalue weighted by Gasteiger charge is 2.29. The number of aliphatic hydroxyl groups excluding tert-OH is 1. The second-order valence-corrected chi connectivity index (χ2v) is 9.28. The third-order valence-electron chi connectivity index (χ3n) is 6.66. The summed E-state index contributed by atoms with van der Waals surface area (Å²) in [6.07, 6.45) is 1.60. The summed E-state index contributed by atoms with van der Waals surface area (Å²) >= 11 is 0. The fraction of sp³-hybridized carbons (Fsp3) is 0.333. The van der Waals surface area contributed by atoms with Gasteiger partial charge in [-0.3, -0.25) is 4.90 Å². The van der Waals surface area contributed by atoms with Crippen LogP contribution >= 0.6 is 0 Å². The van der Waals surface area contributed by atoms with Crippen LogP contribution < -0.4 is 0 Å². The average molecular weight is 426 g/mol. The molecule has 0 unspecified atom stereocenters. The van der Waals surface area contributed by atoms with Crippen LogP contribution in [0.25, 0.3) is 11.1 Å². The van der Waals surface area contributed by atoms with Gasteiger partial charge in [0.2, 0.25) is 0 Å². The molecule has 0 bridgehead atoms. The van der Waals surface area contributed by atoms with E-state index in [0.717, 1.165) is 25.9 Å². The quantitative estimate of drug-likeness (QED) is 0.415. The minimum absolute atomic E-state index is 0.199. The van der Waals surface area contributed by atoms with Crippen LogP contribution in [0.5, 0.6) is 0 Å². The smallest absolute Gasteiger partial charge is 0.0434 e. The first-order chi connectivity index (χ1) is 15.6. The summed E-state index contributed by atoms with van der Waals surface area (Å²) in [5, 5.41) is 9.59. The largest absolute Gasteiger partial charge is 0.396 e. The van der Waals surface area contributed by atoms with Crippen molar-refractivity contribution in [1.29, 1.82) is 0 Å². The van der Waals surface area contributed by atoms with Crippen molar-refractivity contribution < 1.29 is 5.11 Å². The van der Waals surface area contributed by atoms with Crippen LogP contribution in [0.2, 0.25) is 0 Å². The van der Waals surface area contributed by atoms with Crippen LogP contribution in [0.15, 0.2) is 78.9 Å². The molecule has 2 nitrogen and oxygen atoms in total. The molecule has 1 fully saturated rings. The van der Waals surface area contributed by atoms with Crippen molar-refractivity contribution in [1.82, 2.24) is 4.90 Å². The third-order valence-corrected chi connectivity index (χ3v) is 6.66. The minimum atomic E-state index is 0.199. The number of rotatable bonds is 8. The van der Waals surface area contributed by atoms with Crippen LogP contribution in [-0.2, 0) is 0 Å². The Labute approximate surface area is 193 Å². The molecule has 1 N–H and O–H groups in total. The fourth-order valence-corrected chi connectivity index (χ4v) is 4.61. The van der Waals surface area contributed by atoms with Gasteiger partial charge in [0.05, 0.1) is 0 Å². The molecule has 1 saturated heterocycles. The van der Waals surface area contributed by atoms with Gasteiger partial charge in [-0.25, -0.2) is 0 Å². The van der Waals surface area contributed by atoms with Gasteiger partial charge in [0.1, 0.15) is 0 Å². The highest BCUT2D eigenvalue weighted by molar-refractivity contribution is 5.98. The molecule has 0 amide bonds. The number of nitrogens with zero attached hydrogens (tertiary/aromatic N) is 1. The molecule has 4 rings (SSSR count). The molecule has 0 aromatic heterocycles. The van der Waals surface area contributed by atoms with E-state index in [9.17, 15) is 5.11 Å². The Morgan fingerprint density at radius 3 is 2.00 bits per heavy atom. The first-order valence-corrected chi connectivity index (χ1v) is 11.9. The molecule has 1 aliphatic heterocycles. The van der Waals surface area contributed by atoms with Crippen LogP contribution in [0, 0.1) is 6.92 Å². The Bertz CT molecular complexity index is 1030. The van der Waals surface area contributed by atoms with Gasteiger partial charge in [0.25, 0.3) is 0 Å². The number of hydrogen-bond donors (Lipinski definition) is 1. The fourth-order valence-electron chi connectivity index (χ4n) is 4.61. The molecule has 166 valence electrons. The van der Waals surface area contributed by atoms with Crippen molar-refractivity contribution in [3.63, 3.8) is 0 Å². The van der Waals surface area contributed by atoms with Crippen molar-refractivity contribution in [2.45, 2.75) is 45.6 Å². The van der Waals surface area contributed by atoms with Gasteiger partial charge < -0.3 is 5.11 Å². The molecule has 32 heavy (non-hydrogen) atoms. The van der Waals surface area contributed by atoms with E-state index >= 15 is 0 Å². The van der Waals surface area contributed by atoms with Crippen LogP contribution in [0.1, 0.15) is 60.4 Å². The lowest BCUT2D eigenvalue weighted by atomic mass is 9.85. The number of benzene rings is 3. The second-order valence-electron chi connectivity index (χ2n) is 9.28. The maximum Gasteiger partial charge on any atom is 0.0434 e. The summed E-state index contributed by atoms with van der Waals surface area (Å²) in [6, 6.07) is 29.3. The number of aryl methyl sites for hydroxylation is 1. The third kappa shape index (κ3) is 5.03. The first kappa shape index (κ1) is 22.5. The van der Waals surface area contributed by atoms with E-state index in [0.29, 0.717) is 12.0 Å². The van der Waals surface area contributed by atoms with Crippen molar-refractivity contribution in [3.8, 4) is 0 Å². The number of allylic oxidation sites excluding steroid dienone is 1. The molecule has 0 saturated carbocycles. The normalized spacial score (nSPS) is 15.5. The lowest BCUT2D eigenvalue weighted by molar-refractivity contribution is 0.110. The van der Waals surface area contributed by atoms with Gasteiger partial charge in [0.15, 0.2) is 0 Å². The topological polar surface area (TPSA) is 23.5 Å². The molecule has 0 spiro atoms. The zero-order chi connectivity index (χ0) is 22.5. The van der Waals surface area contributed by atoms with Crippen molar-refractivity contribution >= 4 is 11.1 Å². The summed E-state index contributed by atoms with van der Waals surface area (Å²) in [7, 11) is 0. The zero-order valence-electron chi connectivity index (χ0n) is 19.6. The van der Waals surface area contributed by atoms with Gasteiger partial charge in [-0.05, 0) is 67.0 Å². The Hall–Kier alpha value is -2.68. The predicted molar refractivity (Wildman–Crippen MR) is 136 cm³/mol. The van der Waals surface area contributed by atoms with E-state index in [4.69, 9.17) is 0 Å². The monoisotopic (exact) mass is 425 g/mol. The Morgan fingerprint density at radius 2 is 1.44 bits per heavy atom. The van der Waals surface area contributed by atoms with E-state index in [-0.39, 0.29) is 6.61 Å². The standard InChI is InChI=1S/C30H35NO/c1-22(2)31-20-28(21-31)24-15-17-27(18-16-24)30(26-13-11-23(3)12-14-26)29(10-7-19-32)25-8-5-4-6-9-25/h4-6,8-9,11-18,22,28,32H,7,10,19-21H2,1-3H3/b30-29-. The van der Waals surface area contributed by atoms with E-state index < -0.39 is 0 Å². The van der Waals surface area contributed by atoms with Gasteiger partial charge >= 0.3 is 0 Å². The second kappa shape index (κ2) is 10.3. The van der Waals surface area contributed by atoms with Gasteiger partial charge in [-0.2, -0.15) is 0 Å². The molecule has 0 radical (unpaired) electrons. The highest BCUT2D eigenvalue weighted by Crippen LogP contribution is 2.36. The molecule has 1 heterocycles. The molecule has 0 atom stereocenters. The predicted octanol–water partition coefficient (Wildman–Crippen LogP) is 6.53. The van der Waals surface area contributed by atoms with Gasteiger partial charge in [-0.15, -0.1) is 0 Å². The van der Waals surface area contributed by atoms with Crippen molar-refractivity contribution in [2.24, 2.45) is 0 Å². The summed E-state index contributed by atoms with van der Waals surface area (Å²) < 4.78 is 0. The SMILES string of the molecule is Cc1ccc(/C(=C(\CCCO)c2ccccc2)c2ccc(C3CN(C(C)C)C3)cc2)cc1. The Balaban J connectivity index is 1.75. The van der Waals surface area contributed by atoms with E-state index in [1.807, 2.05) is 0 Å². The molecule has 2 heteroatoms. The Kier molecular flexibility index (Phi) is 7.24. The zero-order valence-corrected chi connectivity index (χ0v) is 19.6. The van der Waals surface area contributed by atoms with E-state index in [1.165, 1.54) is 39.0 Å². The average Bonchev–Trinajstić information content (AvgIpc) is 2.77. The van der Waals surface area contributed by atoms with Gasteiger partial charge in [0, 0.05) is 31.7 Å². The summed E-state index contributed by atoms with van der Waals surface area (Å²) in [6.45, 7) is 9.19. The molecule has 1 aliphatic rings. The molecular weight excluding hydrogens is 390 g/mol. The number of likely N-dealkylation sites (tertiary alicyclic amines) is 1. The Morgan fingerprint density at radius 1 is 0.844 bits per heavy atom. The highest BCUT2D eigenvalue weighted by atomic mass is 16.2. The van der Waals surface area contributed by atoms with Crippen LogP contribution in [0.3, 0.4) is 0 Å². The summed E-state index contributed by atoms with van der Waals surface area (Å²) in [4.78, 5) is 2.53. The lowest BCUT2D eigenvalue weighted by Crippen LogP contribution is -2.48. The first-order valence-electron chi connectivity index (χ1n) is 11.9. The summed E-state index contributed by atoms with van der Waals surface area (Å²) in [5.41, 5.74) is 8.97. The lowest BCUT2D eigenvalue weighted by Gasteiger charge is -2.42. The van der Waals surface area contributed by atoms with E-state index in [2.05, 4.69) is 105 Å². The van der Waals surface area contributed by atoms with Crippen molar-refractivity contribution in [3.05, 3.63) is 107 Å². The van der Waals surface area contributed by atoms with Crippen LogP contribution in [0.4, 0.5) is 0 Å². The maximum atomic E-state index is 9.59. The number of aliphatic hydroxyl groups is 1. The maximum absolute atomic E-state index is 9.59. The summed E-state index contributed by atoms with van der Waals surface area (Å²) in [5.74, 6) is 0.640. The molecule has 3 aromatic carbocycles. The van der Waals surface area contributed by atoms with Crippen molar-refractivity contribution in [2.75, 3.05) is 19.7 Å². The van der Waals surface area contributed by atoms with Gasteiger partial charge in [-0.1, -0.05) is 84.4 Å². The minimum Gasteiger partial charge on any atom is -0.396 e. The molecule has 3 aromatic rings. The van der Waals surface area contributed by atoms with Crippen LogP contribution in [-0.4, -0.2) is 35.7 Å². The number of hydrogen-bond acceptors (Lipinski definition) is 2. The van der Waals surface area contributed by atoms with E-state index in [1.54, 1.807) is 0 Å².